The second-order valence-electron chi connectivity index (χ2n) is 5.51. The zero-order valence-electron chi connectivity index (χ0n) is 11.3. The first-order chi connectivity index (χ1) is 7.18. The summed E-state index contributed by atoms with van der Waals surface area (Å²) in [6, 6.07) is 0.496. The van der Waals surface area contributed by atoms with Crippen LogP contribution in [0.4, 0.5) is 0 Å². The second kappa shape index (κ2) is 6.60. The highest BCUT2D eigenvalue weighted by Crippen LogP contribution is 2.25. The smallest absolute Gasteiger partial charge is 0.150 e. The van der Waals surface area contributed by atoms with E-state index in [9.17, 15) is 8.42 Å². The highest BCUT2D eigenvalue weighted by atomic mass is 32.2. The van der Waals surface area contributed by atoms with E-state index in [1.54, 1.807) is 6.92 Å². The summed E-state index contributed by atoms with van der Waals surface area (Å²) in [5, 5.41) is 3.36. The molecule has 0 aliphatic rings. The van der Waals surface area contributed by atoms with Gasteiger partial charge in [0.05, 0.1) is 5.75 Å². The first-order valence-corrected chi connectivity index (χ1v) is 7.94. The van der Waals surface area contributed by atoms with E-state index in [1.807, 2.05) is 0 Å². The zero-order chi connectivity index (χ0) is 12.8. The zero-order valence-corrected chi connectivity index (χ0v) is 12.2. The van der Waals surface area contributed by atoms with E-state index in [2.05, 4.69) is 33.0 Å². The Morgan fingerprint density at radius 1 is 1.19 bits per heavy atom. The van der Waals surface area contributed by atoms with E-state index >= 15 is 0 Å². The van der Waals surface area contributed by atoms with Crippen LogP contribution in [0.15, 0.2) is 0 Å². The van der Waals surface area contributed by atoms with Crippen molar-refractivity contribution in [3.63, 3.8) is 0 Å². The molecule has 0 bridgehead atoms. The Hall–Kier alpha value is -0.0900. The van der Waals surface area contributed by atoms with Gasteiger partial charge in [0.2, 0.25) is 0 Å². The summed E-state index contributed by atoms with van der Waals surface area (Å²) in [5.74, 6) is 0.575. The molecule has 0 amide bonds. The lowest BCUT2D eigenvalue weighted by molar-refractivity contribution is 0.312. The van der Waals surface area contributed by atoms with E-state index in [0.29, 0.717) is 11.8 Å². The van der Waals surface area contributed by atoms with Crippen molar-refractivity contribution >= 4 is 9.84 Å². The normalized spacial score (nSPS) is 13.4. The molecule has 0 aromatic rings. The molecule has 0 radical (unpaired) electrons. The van der Waals surface area contributed by atoms with Gasteiger partial charge in [-0.1, -0.05) is 34.6 Å². The van der Waals surface area contributed by atoms with Crippen LogP contribution < -0.4 is 5.32 Å². The van der Waals surface area contributed by atoms with Crippen molar-refractivity contribution in [3.05, 3.63) is 0 Å². The maximum Gasteiger partial charge on any atom is 0.150 e. The third-order valence-corrected chi connectivity index (χ3v) is 4.59. The molecule has 0 aromatic carbocycles. The van der Waals surface area contributed by atoms with Gasteiger partial charge in [-0.3, -0.25) is 0 Å². The summed E-state index contributed by atoms with van der Waals surface area (Å²) in [6.07, 6.45) is 1.77. The number of nitrogens with one attached hydrogen (secondary N) is 1. The number of sulfone groups is 1. The Morgan fingerprint density at radius 3 is 2.19 bits per heavy atom. The summed E-state index contributed by atoms with van der Waals surface area (Å²) < 4.78 is 22.8. The summed E-state index contributed by atoms with van der Waals surface area (Å²) >= 11 is 0. The molecule has 1 N–H and O–H groups in total. The molecule has 0 unspecified atom stereocenters. The molecule has 0 rings (SSSR count). The van der Waals surface area contributed by atoms with Crippen molar-refractivity contribution in [2.45, 2.75) is 53.5 Å². The molecule has 16 heavy (non-hydrogen) atoms. The van der Waals surface area contributed by atoms with Gasteiger partial charge in [0.25, 0.3) is 0 Å². The minimum Gasteiger partial charge on any atom is -0.315 e. The number of rotatable bonds is 8. The maximum absolute atomic E-state index is 11.4. The molecule has 0 atom stereocenters. The van der Waals surface area contributed by atoms with Crippen LogP contribution in [0.25, 0.3) is 0 Å². The Balaban J connectivity index is 3.96. The van der Waals surface area contributed by atoms with Gasteiger partial charge < -0.3 is 5.32 Å². The van der Waals surface area contributed by atoms with Crippen molar-refractivity contribution < 1.29 is 8.42 Å². The predicted molar refractivity (Wildman–Crippen MR) is 70.5 cm³/mol. The van der Waals surface area contributed by atoms with Crippen molar-refractivity contribution in [1.82, 2.24) is 5.32 Å². The standard InChI is InChI=1S/C12H27NO2S/c1-6-16(14,15)10-8-12(4,5)7-9-13-11(2)3/h11,13H,6-10H2,1-5H3. The maximum atomic E-state index is 11.4. The Kier molecular flexibility index (Phi) is 6.56. The van der Waals surface area contributed by atoms with Crippen molar-refractivity contribution in [2.24, 2.45) is 5.41 Å². The topological polar surface area (TPSA) is 46.2 Å². The van der Waals surface area contributed by atoms with Crippen LogP contribution in [0.1, 0.15) is 47.5 Å². The molecule has 3 nitrogen and oxygen atoms in total. The van der Waals surface area contributed by atoms with Crippen molar-refractivity contribution in [2.75, 3.05) is 18.1 Å². The minimum absolute atomic E-state index is 0.101. The highest BCUT2D eigenvalue weighted by Gasteiger charge is 2.20. The molecule has 0 aromatic heterocycles. The van der Waals surface area contributed by atoms with Gasteiger partial charge in [-0.15, -0.1) is 0 Å². The Labute approximate surface area is 101 Å². The van der Waals surface area contributed by atoms with Crippen LogP contribution in [-0.4, -0.2) is 32.5 Å². The largest absolute Gasteiger partial charge is 0.315 e. The molecule has 0 saturated carbocycles. The Bertz CT molecular complexity index is 281. The molecule has 0 saturated heterocycles. The average Bonchev–Trinajstić information content (AvgIpc) is 2.14. The van der Waals surface area contributed by atoms with Gasteiger partial charge in [-0.05, 0) is 24.8 Å². The molecule has 98 valence electrons. The predicted octanol–water partition coefficient (Wildman–Crippen LogP) is 2.23. The van der Waals surface area contributed by atoms with E-state index < -0.39 is 9.84 Å². The molecule has 4 heteroatoms. The fraction of sp³-hybridized carbons (Fsp3) is 1.00. The van der Waals surface area contributed by atoms with E-state index in [1.165, 1.54) is 0 Å². The van der Waals surface area contributed by atoms with E-state index in [0.717, 1.165) is 19.4 Å². The van der Waals surface area contributed by atoms with Crippen LogP contribution in [0.3, 0.4) is 0 Å². The minimum atomic E-state index is -2.81. The van der Waals surface area contributed by atoms with Gasteiger partial charge in [0.15, 0.2) is 0 Å². The van der Waals surface area contributed by atoms with Crippen LogP contribution in [0.2, 0.25) is 0 Å². The van der Waals surface area contributed by atoms with E-state index in [-0.39, 0.29) is 11.2 Å². The van der Waals surface area contributed by atoms with Gasteiger partial charge >= 0.3 is 0 Å². The monoisotopic (exact) mass is 249 g/mol. The quantitative estimate of drug-likeness (QED) is 0.717. The van der Waals surface area contributed by atoms with Gasteiger partial charge in [-0.25, -0.2) is 8.42 Å². The van der Waals surface area contributed by atoms with Crippen LogP contribution in [0.5, 0.6) is 0 Å². The second-order valence-corrected chi connectivity index (χ2v) is 7.98. The Morgan fingerprint density at radius 2 is 1.75 bits per heavy atom. The third kappa shape index (κ3) is 8.11. The summed E-state index contributed by atoms with van der Waals surface area (Å²) in [6.45, 7) is 11.2. The average molecular weight is 249 g/mol. The first-order valence-electron chi connectivity index (χ1n) is 6.12. The highest BCUT2D eigenvalue weighted by molar-refractivity contribution is 7.91. The van der Waals surface area contributed by atoms with Crippen LogP contribution in [-0.2, 0) is 9.84 Å². The molecule has 0 aliphatic heterocycles. The molecule has 0 aliphatic carbocycles. The number of hydrogen-bond donors (Lipinski definition) is 1. The van der Waals surface area contributed by atoms with Crippen molar-refractivity contribution in [3.8, 4) is 0 Å². The molecular formula is C12H27NO2S. The lowest BCUT2D eigenvalue weighted by atomic mass is 9.86. The summed E-state index contributed by atoms with van der Waals surface area (Å²) in [7, 11) is -2.81. The SMILES string of the molecule is CCS(=O)(=O)CCC(C)(C)CCNC(C)C. The third-order valence-electron chi connectivity index (χ3n) is 2.88. The lowest BCUT2D eigenvalue weighted by Crippen LogP contribution is -2.28. The van der Waals surface area contributed by atoms with E-state index in [4.69, 9.17) is 0 Å². The molecule has 0 spiro atoms. The fourth-order valence-electron chi connectivity index (χ4n) is 1.40. The van der Waals surface area contributed by atoms with Gasteiger partial charge in [-0.2, -0.15) is 0 Å². The lowest BCUT2D eigenvalue weighted by Gasteiger charge is -2.25. The molecule has 0 fully saturated rings. The first kappa shape index (κ1) is 15.9. The van der Waals surface area contributed by atoms with Crippen molar-refractivity contribution in [1.29, 1.82) is 0 Å². The summed E-state index contributed by atoms with van der Waals surface area (Å²) in [5.41, 5.74) is 0.101. The molecular weight excluding hydrogens is 222 g/mol. The molecule has 0 heterocycles. The summed E-state index contributed by atoms with van der Waals surface area (Å²) in [4.78, 5) is 0. The van der Waals surface area contributed by atoms with Crippen LogP contribution >= 0.6 is 0 Å². The van der Waals surface area contributed by atoms with Crippen LogP contribution in [0, 0.1) is 5.41 Å². The fourth-order valence-corrected chi connectivity index (χ4v) is 2.55. The van der Waals surface area contributed by atoms with Gasteiger partial charge in [0, 0.05) is 11.8 Å². The van der Waals surface area contributed by atoms with Gasteiger partial charge in [0.1, 0.15) is 9.84 Å². The number of hydrogen-bond acceptors (Lipinski definition) is 3.